The van der Waals surface area contributed by atoms with Crippen LogP contribution in [0.1, 0.15) is 44.6 Å². The van der Waals surface area contributed by atoms with Gasteiger partial charge in [0, 0.05) is 35.4 Å². The van der Waals surface area contributed by atoms with Gasteiger partial charge in [0.1, 0.15) is 11.3 Å². The summed E-state index contributed by atoms with van der Waals surface area (Å²) in [6, 6.07) is 8.41. The molecule has 1 aromatic heterocycles. The zero-order chi connectivity index (χ0) is 16.6. The molecule has 1 aromatic carbocycles. The van der Waals surface area contributed by atoms with Crippen molar-refractivity contribution in [3.8, 4) is 0 Å². The van der Waals surface area contributed by atoms with Gasteiger partial charge in [0.2, 0.25) is 5.91 Å². The lowest BCUT2D eigenvalue weighted by atomic mass is 9.92. The van der Waals surface area contributed by atoms with Gasteiger partial charge in [-0.15, -0.1) is 0 Å². The first-order chi connectivity index (χ1) is 11.0. The second-order valence-corrected chi connectivity index (χ2v) is 6.61. The van der Waals surface area contributed by atoms with Crippen LogP contribution in [0.15, 0.2) is 28.7 Å². The molecule has 5 heteroatoms. The molecule has 1 aliphatic rings. The van der Waals surface area contributed by atoms with Crippen molar-refractivity contribution in [3.63, 3.8) is 0 Å². The van der Waals surface area contributed by atoms with E-state index in [9.17, 15) is 4.79 Å². The van der Waals surface area contributed by atoms with Gasteiger partial charge in [0.05, 0.1) is 6.04 Å². The maximum absolute atomic E-state index is 12.4. The third-order valence-electron chi connectivity index (χ3n) is 4.90. The molecule has 2 heterocycles. The Kier molecular flexibility index (Phi) is 4.41. The SMILES string of the molecule is Cc1c([C@@H](C)NC(=O)CC2C(C)NNC2C)oc2ccccc12. The number of hydrogen-bond donors (Lipinski definition) is 3. The molecule has 3 rings (SSSR count). The first-order valence-corrected chi connectivity index (χ1v) is 8.25. The quantitative estimate of drug-likeness (QED) is 0.812. The molecule has 1 fully saturated rings. The maximum atomic E-state index is 12.4. The first kappa shape index (κ1) is 16.0. The highest BCUT2D eigenvalue weighted by Gasteiger charge is 2.32. The lowest BCUT2D eigenvalue weighted by molar-refractivity contribution is -0.122. The molecule has 1 saturated heterocycles. The van der Waals surface area contributed by atoms with E-state index in [2.05, 4.69) is 30.0 Å². The van der Waals surface area contributed by atoms with Crippen LogP contribution in [0.3, 0.4) is 0 Å². The normalized spacial score (nSPS) is 25.7. The number of para-hydroxylation sites is 1. The molecule has 0 bridgehead atoms. The predicted octanol–water partition coefficient (Wildman–Crippen LogP) is 2.81. The molecule has 1 amide bonds. The summed E-state index contributed by atoms with van der Waals surface area (Å²) in [6.45, 7) is 8.21. The van der Waals surface area contributed by atoms with Gasteiger partial charge in [0.15, 0.2) is 0 Å². The number of carbonyl (C=O) groups is 1. The third-order valence-corrected chi connectivity index (χ3v) is 4.90. The highest BCUT2D eigenvalue weighted by Crippen LogP contribution is 2.29. The first-order valence-electron chi connectivity index (χ1n) is 8.25. The molecule has 23 heavy (non-hydrogen) atoms. The molecular weight excluding hydrogens is 290 g/mol. The standard InChI is InChI=1S/C18H25N3O2/c1-10-14-7-5-6-8-16(14)23-18(10)13(4)19-17(22)9-15-11(2)20-21-12(15)3/h5-8,11-13,15,20-21H,9H2,1-4H3,(H,19,22)/t11?,12?,13-,15?/m1/s1. The number of furan rings is 1. The van der Waals surface area contributed by atoms with Gasteiger partial charge in [-0.1, -0.05) is 18.2 Å². The second kappa shape index (κ2) is 6.34. The number of hydrazine groups is 1. The Morgan fingerprint density at radius 2 is 1.91 bits per heavy atom. The van der Waals surface area contributed by atoms with Crippen molar-refractivity contribution < 1.29 is 9.21 Å². The van der Waals surface area contributed by atoms with E-state index in [0.29, 0.717) is 24.4 Å². The average Bonchev–Trinajstić information content (AvgIpc) is 3.02. The molecule has 3 atom stereocenters. The summed E-state index contributed by atoms with van der Waals surface area (Å²) in [4.78, 5) is 12.4. The molecule has 0 radical (unpaired) electrons. The van der Waals surface area contributed by atoms with Crippen molar-refractivity contribution in [2.75, 3.05) is 0 Å². The van der Waals surface area contributed by atoms with Crippen molar-refractivity contribution in [2.45, 2.75) is 52.2 Å². The third kappa shape index (κ3) is 3.12. The summed E-state index contributed by atoms with van der Waals surface area (Å²) < 4.78 is 5.93. The molecule has 0 spiro atoms. The Hall–Kier alpha value is -1.85. The maximum Gasteiger partial charge on any atom is 0.220 e. The van der Waals surface area contributed by atoms with E-state index in [1.165, 1.54) is 0 Å². The molecule has 1 aliphatic heterocycles. The number of amides is 1. The topological polar surface area (TPSA) is 66.3 Å². The largest absolute Gasteiger partial charge is 0.459 e. The van der Waals surface area contributed by atoms with Gasteiger partial charge in [-0.3, -0.25) is 15.6 Å². The lowest BCUT2D eigenvalue weighted by Gasteiger charge is -2.19. The van der Waals surface area contributed by atoms with Crippen LogP contribution in [0.25, 0.3) is 11.0 Å². The highest BCUT2D eigenvalue weighted by molar-refractivity contribution is 5.82. The van der Waals surface area contributed by atoms with Crippen LogP contribution in [0.5, 0.6) is 0 Å². The average molecular weight is 315 g/mol. The number of rotatable bonds is 4. The molecule has 0 aliphatic carbocycles. The summed E-state index contributed by atoms with van der Waals surface area (Å²) in [5.74, 6) is 1.19. The predicted molar refractivity (Wildman–Crippen MR) is 90.8 cm³/mol. The van der Waals surface area contributed by atoms with Gasteiger partial charge in [-0.05, 0) is 33.8 Å². The van der Waals surface area contributed by atoms with Gasteiger partial charge in [-0.25, -0.2) is 0 Å². The number of benzene rings is 1. The van der Waals surface area contributed by atoms with Crippen LogP contribution in [-0.4, -0.2) is 18.0 Å². The zero-order valence-electron chi connectivity index (χ0n) is 14.1. The molecule has 124 valence electrons. The van der Waals surface area contributed by atoms with Crippen molar-refractivity contribution in [2.24, 2.45) is 5.92 Å². The summed E-state index contributed by atoms with van der Waals surface area (Å²) in [6.07, 6.45) is 0.506. The monoisotopic (exact) mass is 315 g/mol. The summed E-state index contributed by atoms with van der Waals surface area (Å²) >= 11 is 0. The lowest BCUT2D eigenvalue weighted by Crippen LogP contribution is -2.33. The van der Waals surface area contributed by atoms with Crippen LogP contribution in [0.4, 0.5) is 0 Å². The minimum Gasteiger partial charge on any atom is -0.459 e. The fourth-order valence-corrected chi connectivity index (χ4v) is 3.45. The summed E-state index contributed by atoms with van der Waals surface area (Å²) in [5, 5.41) is 4.18. The van der Waals surface area contributed by atoms with Crippen LogP contribution in [0.2, 0.25) is 0 Å². The van der Waals surface area contributed by atoms with Gasteiger partial charge >= 0.3 is 0 Å². The van der Waals surface area contributed by atoms with Gasteiger partial charge in [0.25, 0.3) is 0 Å². The smallest absolute Gasteiger partial charge is 0.220 e. The molecule has 2 aromatic rings. The summed E-state index contributed by atoms with van der Waals surface area (Å²) in [7, 11) is 0. The molecule has 3 N–H and O–H groups in total. The molecule has 0 saturated carbocycles. The van der Waals surface area contributed by atoms with E-state index < -0.39 is 0 Å². The Morgan fingerprint density at radius 1 is 1.26 bits per heavy atom. The van der Waals surface area contributed by atoms with Crippen LogP contribution >= 0.6 is 0 Å². The van der Waals surface area contributed by atoms with Crippen LogP contribution in [-0.2, 0) is 4.79 Å². The van der Waals surface area contributed by atoms with E-state index >= 15 is 0 Å². The van der Waals surface area contributed by atoms with Gasteiger partial charge in [-0.2, -0.15) is 0 Å². The molecule has 2 unspecified atom stereocenters. The molecule has 5 nitrogen and oxygen atoms in total. The minimum absolute atomic E-state index is 0.0616. The van der Waals surface area contributed by atoms with E-state index in [0.717, 1.165) is 22.3 Å². The Bertz CT molecular complexity index is 699. The fraction of sp³-hybridized carbons (Fsp3) is 0.500. The van der Waals surface area contributed by atoms with Crippen molar-refractivity contribution in [1.29, 1.82) is 0 Å². The molecular formula is C18H25N3O2. The summed E-state index contributed by atoms with van der Waals surface area (Å²) in [5.41, 5.74) is 8.34. The Balaban J connectivity index is 1.69. The number of carbonyl (C=O) groups excluding carboxylic acids is 1. The number of fused-ring (bicyclic) bond motifs is 1. The van der Waals surface area contributed by atoms with E-state index in [1.54, 1.807) is 0 Å². The van der Waals surface area contributed by atoms with Crippen molar-refractivity contribution in [1.82, 2.24) is 16.2 Å². The van der Waals surface area contributed by atoms with Crippen LogP contribution in [0, 0.1) is 12.8 Å². The fourth-order valence-electron chi connectivity index (χ4n) is 3.45. The highest BCUT2D eigenvalue weighted by atomic mass is 16.3. The van der Waals surface area contributed by atoms with Gasteiger partial charge < -0.3 is 9.73 Å². The van der Waals surface area contributed by atoms with E-state index in [4.69, 9.17) is 4.42 Å². The van der Waals surface area contributed by atoms with E-state index in [1.807, 2.05) is 38.1 Å². The number of aryl methyl sites for hydroxylation is 1. The Labute approximate surface area is 136 Å². The van der Waals surface area contributed by atoms with Crippen LogP contribution < -0.4 is 16.2 Å². The zero-order valence-corrected chi connectivity index (χ0v) is 14.1. The number of hydrogen-bond acceptors (Lipinski definition) is 4. The minimum atomic E-state index is -0.136. The van der Waals surface area contributed by atoms with Crippen molar-refractivity contribution in [3.05, 3.63) is 35.6 Å². The van der Waals surface area contributed by atoms with E-state index in [-0.39, 0.29) is 11.9 Å². The second-order valence-electron chi connectivity index (χ2n) is 6.61. The van der Waals surface area contributed by atoms with Crippen molar-refractivity contribution >= 4 is 16.9 Å². The number of nitrogens with one attached hydrogen (secondary N) is 3. The Morgan fingerprint density at radius 3 is 2.57 bits per heavy atom.